The third-order valence-corrected chi connectivity index (χ3v) is 4.55. The number of likely N-dealkylation sites (tertiary alicyclic amines) is 1. The highest BCUT2D eigenvalue weighted by Crippen LogP contribution is 2.34. The predicted molar refractivity (Wildman–Crippen MR) is 64.0 cm³/mol. The van der Waals surface area contributed by atoms with Crippen LogP contribution in [0.4, 0.5) is 0 Å². The van der Waals surface area contributed by atoms with E-state index in [1.807, 2.05) is 6.92 Å². The molecule has 1 aliphatic rings. The Balaban J connectivity index is 2.20. The van der Waals surface area contributed by atoms with Gasteiger partial charge in [0.05, 0.1) is 5.54 Å². The van der Waals surface area contributed by atoms with Gasteiger partial charge in [0.25, 0.3) is 0 Å². The van der Waals surface area contributed by atoms with E-state index >= 15 is 0 Å². The van der Waals surface area contributed by atoms with Crippen LogP contribution in [0.3, 0.4) is 0 Å². The highest BCUT2D eigenvalue weighted by atomic mass is 32.1. The first-order chi connectivity index (χ1) is 7.01. The van der Waals surface area contributed by atoms with Crippen LogP contribution in [-0.4, -0.2) is 29.5 Å². The smallest absolute Gasteiger partial charge is 0.113 e. The van der Waals surface area contributed by atoms with Crippen molar-refractivity contribution in [3.05, 3.63) is 16.1 Å². The average molecular weight is 225 g/mol. The summed E-state index contributed by atoms with van der Waals surface area (Å²) in [7, 11) is 2.16. The first-order valence-corrected chi connectivity index (χ1v) is 6.31. The Labute approximate surface area is 95.3 Å². The zero-order chi connectivity index (χ0) is 11.1. The number of rotatable bonds is 1. The van der Waals surface area contributed by atoms with Gasteiger partial charge < -0.3 is 10.6 Å². The second kappa shape index (κ2) is 3.85. The Bertz CT molecular complexity index is 349. The summed E-state index contributed by atoms with van der Waals surface area (Å²) >= 11 is 1.70. The molecule has 1 fully saturated rings. The van der Waals surface area contributed by atoms with E-state index in [-0.39, 0.29) is 5.54 Å². The number of hydrogen-bond acceptors (Lipinski definition) is 4. The summed E-state index contributed by atoms with van der Waals surface area (Å²) in [5, 5.41) is 3.20. The average Bonchev–Trinajstić information content (AvgIpc) is 2.60. The molecule has 15 heavy (non-hydrogen) atoms. The van der Waals surface area contributed by atoms with Crippen molar-refractivity contribution in [1.82, 2.24) is 9.88 Å². The molecule has 3 nitrogen and oxygen atoms in total. The molecule has 2 heterocycles. The van der Waals surface area contributed by atoms with Gasteiger partial charge in [0.1, 0.15) is 5.01 Å². The molecule has 84 valence electrons. The van der Waals surface area contributed by atoms with Gasteiger partial charge in [-0.15, -0.1) is 11.3 Å². The molecule has 0 amide bonds. The van der Waals surface area contributed by atoms with E-state index in [0.29, 0.717) is 6.04 Å². The summed E-state index contributed by atoms with van der Waals surface area (Å²) in [5.74, 6) is 0. The molecular formula is C11H19N3S. The van der Waals surface area contributed by atoms with Crippen LogP contribution < -0.4 is 5.73 Å². The fourth-order valence-electron chi connectivity index (χ4n) is 2.16. The summed E-state index contributed by atoms with van der Waals surface area (Å²) in [6, 6.07) is 0.549. The number of thiazole rings is 1. The molecule has 0 saturated carbocycles. The van der Waals surface area contributed by atoms with Gasteiger partial charge in [-0.1, -0.05) is 0 Å². The second-order valence-electron chi connectivity index (χ2n) is 4.73. The molecule has 0 radical (unpaired) electrons. The van der Waals surface area contributed by atoms with Crippen LogP contribution in [0.5, 0.6) is 0 Å². The van der Waals surface area contributed by atoms with Gasteiger partial charge in [0, 0.05) is 23.7 Å². The minimum Gasteiger partial charge on any atom is -0.319 e. The van der Waals surface area contributed by atoms with E-state index in [0.717, 1.165) is 30.1 Å². The van der Waals surface area contributed by atoms with Crippen LogP contribution in [0.25, 0.3) is 0 Å². The SMILES string of the molecule is Cc1csc(C2(N)CCN(C)C(C)C2)n1. The lowest BCUT2D eigenvalue weighted by Crippen LogP contribution is -2.50. The molecule has 2 N–H and O–H groups in total. The van der Waals surface area contributed by atoms with Crippen LogP contribution in [0.15, 0.2) is 5.38 Å². The van der Waals surface area contributed by atoms with E-state index in [1.54, 1.807) is 11.3 Å². The van der Waals surface area contributed by atoms with E-state index < -0.39 is 0 Å². The molecule has 1 saturated heterocycles. The lowest BCUT2D eigenvalue weighted by molar-refractivity contribution is 0.131. The summed E-state index contributed by atoms with van der Waals surface area (Å²) in [6.45, 7) is 5.33. The number of nitrogens with two attached hydrogens (primary N) is 1. The molecule has 0 aromatic carbocycles. The third kappa shape index (κ3) is 2.07. The molecule has 1 aromatic rings. The van der Waals surface area contributed by atoms with Crippen molar-refractivity contribution in [3.8, 4) is 0 Å². The van der Waals surface area contributed by atoms with Crippen molar-refractivity contribution >= 4 is 11.3 Å². The molecule has 0 bridgehead atoms. The van der Waals surface area contributed by atoms with Crippen molar-refractivity contribution in [2.75, 3.05) is 13.6 Å². The normalized spacial score (nSPS) is 33.2. The molecule has 2 unspecified atom stereocenters. The molecule has 2 rings (SSSR count). The highest BCUT2D eigenvalue weighted by molar-refractivity contribution is 7.09. The first kappa shape index (κ1) is 11.0. The van der Waals surface area contributed by atoms with Crippen LogP contribution >= 0.6 is 11.3 Å². The predicted octanol–water partition coefficient (Wildman–Crippen LogP) is 1.72. The molecule has 2 atom stereocenters. The molecule has 0 spiro atoms. The fourth-order valence-corrected chi connectivity index (χ4v) is 3.11. The fraction of sp³-hybridized carbons (Fsp3) is 0.727. The summed E-state index contributed by atoms with van der Waals surface area (Å²) in [6.07, 6.45) is 2.03. The van der Waals surface area contributed by atoms with Crippen molar-refractivity contribution in [2.24, 2.45) is 5.73 Å². The van der Waals surface area contributed by atoms with Crippen molar-refractivity contribution in [2.45, 2.75) is 38.3 Å². The van der Waals surface area contributed by atoms with Gasteiger partial charge in [-0.25, -0.2) is 4.98 Å². The number of nitrogens with zero attached hydrogens (tertiary/aromatic N) is 2. The van der Waals surface area contributed by atoms with Gasteiger partial charge >= 0.3 is 0 Å². The molecule has 1 aliphatic heterocycles. The van der Waals surface area contributed by atoms with Crippen LogP contribution in [0.1, 0.15) is 30.5 Å². The van der Waals surface area contributed by atoms with Gasteiger partial charge in [-0.2, -0.15) is 0 Å². The van der Waals surface area contributed by atoms with Gasteiger partial charge in [0.2, 0.25) is 0 Å². The largest absolute Gasteiger partial charge is 0.319 e. The minimum atomic E-state index is -0.190. The van der Waals surface area contributed by atoms with Gasteiger partial charge in [-0.3, -0.25) is 0 Å². The molecular weight excluding hydrogens is 206 g/mol. The molecule has 4 heteroatoms. The Morgan fingerprint density at radius 3 is 2.93 bits per heavy atom. The minimum absolute atomic E-state index is 0.190. The standard InChI is InChI=1S/C11H19N3S/c1-8-7-15-10(13-8)11(12)4-5-14(3)9(2)6-11/h7,9H,4-6,12H2,1-3H3. The van der Waals surface area contributed by atoms with Crippen molar-refractivity contribution in [3.63, 3.8) is 0 Å². The highest BCUT2D eigenvalue weighted by Gasteiger charge is 2.37. The van der Waals surface area contributed by atoms with E-state index in [4.69, 9.17) is 5.73 Å². The van der Waals surface area contributed by atoms with Crippen molar-refractivity contribution < 1.29 is 0 Å². The Kier molecular flexibility index (Phi) is 2.83. The number of aryl methyl sites for hydroxylation is 1. The number of hydrogen-bond donors (Lipinski definition) is 1. The number of piperidine rings is 1. The summed E-state index contributed by atoms with van der Waals surface area (Å²) in [5.41, 5.74) is 7.37. The maximum Gasteiger partial charge on any atom is 0.113 e. The van der Waals surface area contributed by atoms with Gasteiger partial charge in [-0.05, 0) is 33.7 Å². The maximum absolute atomic E-state index is 6.47. The first-order valence-electron chi connectivity index (χ1n) is 5.43. The second-order valence-corrected chi connectivity index (χ2v) is 5.59. The Morgan fingerprint density at radius 1 is 1.67 bits per heavy atom. The lowest BCUT2D eigenvalue weighted by Gasteiger charge is -2.40. The van der Waals surface area contributed by atoms with Crippen molar-refractivity contribution in [1.29, 1.82) is 0 Å². The monoisotopic (exact) mass is 225 g/mol. The lowest BCUT2D eigenvalue weighted by atomic mass is 9.85. The Morgan fingerprint density at radius 2 is 2.40 bits per heavy atom. The summed E-state index contributed by atoms with van der Waals surface area (Å²) in [4.78, 5) is 6.91. The molecule has 0 aliphatic carbocycles. The van der Waals surface area contributed by atoms with E-state index in [2.05, 4.69) is 29.2 Å². The topological polar surface area (TPSA) is 42.1 Å². The van der Waals surface area contributed by atoms with Crippen LogP contribution in [0.2, 0.25) is 0 Å². The van der Waals surface area contributed by atoms with E-state index in [1.165, 1.54) is 0 Å². The Hall–Kier alpha value is -0.450. The summed E-state index contributed by atoms with van der Waals surface area (Å²) < 4.78 is 0. The maximum atomic E-state index is 6.47. The zero-order valence-corrected chi connectivity index (χ0v) is 10.5. The van der Waals surface area contributed by atoms with Gasteiger partial charge in [0.15, 0.2) is 0 Å². The number of aromatic nitrogens is 1. The van der Waals surface area contributed by atoms with E-state index in [9.17, 15) is 0 Å². The third-order valence-electron chi connectivity index (χ3n) is 3.37. The van der Waals surface area contributed by atoms with Crippen LogP contribution in [0, 0.1) is 6.92 Å². The quantitative estimate of drug-likeness (QED) is 0.791. The molecule has 1 aromatic heterocycles. The van der Waals surface area contributed by atoms with Crippen LogP contribution in [-0.2, 0) is 5.54 Å². The zero-order valence-electron chi connectivity index (χ0n) is 9.66.